The molecule has 70 valence electrons. The van der Waals surface area contributed by atoms with Crippen LogP contribution in [0.15, 0.2) is 12.2 Å². The standard InChI is InChI=1S/C11H21N/c1-8(2)7-10-5-6-11(12-4)9(10)3/h9-12H,1,5-7H2,2-4H3. The van der Waals surface area contributed by atoms with Gasteiger partial charge in [0.05, 0.1) is 0 Å². The van der Waals surface area contributed by atoms with Crippen LogP contribution in [0.3, 0.4) is 0 Å². The average Bonchev–Trinajstić information content (AvgIpc) is 2.32. The number of hydrogen-bond acceptors (Lipinski definition) is 1. The predicted molar refractivity (Wildman–Crippen MR) is 54.2 cm³/mol. The summed E-state index contributed by atoms with van der Waals surface area (Å²) < 4.78 is 0. The Morgan fingerprint density at radius 3 is 2.58 bits per heavy atom. The Morgan fingerprint density at radius 2 is 2.17 bits per heavy atom. The summed E-state index contributed by atoms with van der Waals surface area (Å²) in [7, 11) is 2.07. The van der Waals surface area contributed by atoms with Crippen LogP contribution in [-0.4, -0.2) is 13.1 Å². The van der Waals surface area contributed by atoms with Crippen molar-refractivity contribution in [2.24, 2.45) is 11.8 Å². The topological polar surface area (TPSA) is 12.0 Å². The molecule has 1 saturated carbocycles. The van der Waals surface area contributed by atoms with E-state index >= 15 is 0 Å². The fourth-order valence-electron chi connectivity index (χ4n) is 2.39. The van der Waals surface area contributed by atoms with Gasteiger partial charge in [-0.3, -0.25) is 0 Å². The molecule has 1 aliphatic rings. The molecule has 0 bridgehead atoms. The van der Waals surface area contributed by atoms with E-state index in [1.54, 1.807) is 0 Å². The third-order valence-corrected chi connectivity index (χ3v) is 3.21. The lowest BCUT2D eigenvalue weighted by Crippen LogP contribution is -2.29. The first-order valence-corrected chi connectivity index (χ1v) is 4.96. The average molecular weight is 167 g/mol. The monoisotopic (exact) mass is 167 g/mol. The third-order valence-electron chi connectivity index (χ3n) is 3.21. The Labute approximate surface area is 76.2 Å². The molecule has 1 aliphatic carbocycles. The fourth-order valence-corrected chi connectivity index (χ4v) is 2.39. The minimum absolute atomic E-state index is 0.745. The van der Waals surface area contributed by atoms with Gasteiger partial charge in [-0.05, 0) is 45.1 Å². The van der Waals surface area contributed by atoms with Gasteiger partial charge in [0.2, 0.25) is 0 Å². The van der Waals surface area contributed by atoms with Gasteiger partial charge in [0.25, 0.3) is 0 Å². The Hall–Kier alpha value is -0.300. The Bertz CT molecular complexity index is 162. The molecule has 0 aromatic rings. The van der Waals surface area contributed by atoms with Gasteiger partial charge in [-0.2, -0.15) is 0 Å². The largest absolute Gasteiger partial charge is 0.317 e. The van der Waals surface area contributed by atoms with Crippen LogP contribution in [0.1, 0.15) is 33.1 Å². The quantitative estimate of drug-likeness (QED) is 0.637. The maximum Gasteiger partial charge on any atom is 0.00925 e. The molecule has 1 N–H and O–H groups in total. The van der Waals surface area contributed by atoms with E-state index < -0.39 is 0 Å². The summed E-state index contributed by atoms with van der Waals surface area (Å²) in [5, 5.41) is 3.39. The number of allylic oxidation sites excluding steroid dienone is 1. The minimum atomic E-state index is 0.745. The molecule has 0 radical (unpaired) electrons. The molecule has 1 heteroatoms. The summed E-state index contributed by atoms with van der Waals surface area (Å²) in [5.41, 5.74) is 1.34. The first kappa shape index (κ1) is 9.79. The molecule has 0 saturated heterocycles. The summed E-state index contributed by atoms with van der Waals surface area (Å²) in [6.07, 6.45) is 3.94. The predicted octanol–water partition coefficient (Wildman–Crippen LogP) is 2.59. The zero-order chi connectivity index (χ0) is 9.14. The number of hydrogen-bond donors (Lipinski definition) is 1. The van der Waals surface area contributed by atoms with Crippen molar-refractivity contribution >= 4 is 0 Å². The van der Waals surface area contributed by atoms with Crippen molar-refractivity contribution in [3.8, 4) is 0 Å². The van der Waals surface area contributed by atoms with Crippen LogP contribution in [0.25, 0.3) is 0 Å². The number of nitrogens with one attached hydrogen (secondary N) is 1. The highest BCUT2D eigenvalue weighted by molar-refractivity contribution is 4.96. The summed E-state index contributed by atoms with van der Waals surface area (Å²) >= 11 is 0. The van der Waals surface area contributed by atoms with Crippen LogP contribution in [0.4, 0.5) is 0 Å². The molecule has 1 nitrogen and oxygen atoms in total. The van der Waals surface area contributed by atoms with Crippen LogP contribution < -0.4 is 5.32 Å². The van der Waals surface area contributed by atoms with E-state index in [9.17, 15) is 0 Å². The molecule has 12 heavy (non-hydrogen) atoms. The lowest BCUT2D eigenvalue weighted by Gasteiger charge is -2.20. The summed E-state index contributed by atoms with van der Waals surface area (Å²) in [4.78, 5) is 0. The molecule has 0 aliphatic heterocycles. The third kappa shape index (κ3) is 2.10. The smallest absolute Gasteiger partial charge is 0.00925 e. The second-order valence-corrected chi connectivity index (χ2v) is 4.25. The molecule has 0 aromatic heterocycles. The van der Waals surface area contributed by atoms with Gasteiger partial charge in [-0.1, -0.05) is 12.5 Å². The van der Waals surface area contributed by atoms with Crippen molar-refractivity contribution < 1.29 is 0 Å². The fraction of sp³-hybridized carbons (Fsp3) is 0.818. The molecule has 1 fully saturated rings. The van der Waals surface area contributed by atoms with Gasteiger partial charge in [-0.15, -0.1) is 6.58 Å². The lowest BCUT2D eigenvalue weighted by atomic mass is 9.90. The van der Waals surface area contributed by atoms with Crippen LogP contribution in [0.5, 0.6) is 0 Å². The molecule has 0 spiro atoms. The molecular formula is C11H21N. The van der Waals surface area contributed by atoms with Gasteiger partial charge in [0.15, 0.2) is 0 Å². The van der Waals surface area contributed by atoms with Gasteiger partial charge < -0.3 is 5.32 Å². The van der Waals surface area contributed by atoms with Crippen molar-refractivity contribution in [1.29, 1.82) is 0 Å². The molecule has 1 rings (SSSR count). The number of rotatable bonds is 3. The van der Waals surface area contributed by atoms with Crippen molar-refractivity contribution in [2.45, 2.75) is 39.2 Å². The van der Waals surface area contributed by atoms with E-state index in [1.165, 1.54) is 24.8 Å². The van der Waals surface area contributed by atoms with Crippen molar-refractivity contribution in [2.75, 3.05) is 7.05 Å². The van der Waals surface area contributed by atoms with Crippen LogP contribution in [0, 0.1) is 11.8 Å². The Kier molecular flexibility index (Phi) is 3.33. The maximum absolute atomic E-state index is 3.98. The van der Waals surface area contributed by atoms with E-state index in [4.69, 9.17) is 0 Å². The maximum atomic E-state index is 3.98. The van der Waals surface area contributed by atoms with E-state index in [-0.39, 0.29) is 0 Å². The van der Waals surface area contributed by atoms with Gasteiger partial charge in [-0.25, -0.2) is 0 Å². The highest BCUT2D eigenvalue weighted by atomic mass is 14.9. The van der Waals surface area contributed by atoms with Crippen molar-refractivity contribution in [3.05, 3.63) is 12.2 Å². The zero-order valence-corrected chi connectivity index (χ0v) is 8.56. The lowest BCUT2D eigenvalue weighted by molar-refractivity contribution is 0.363. The first-order valence-electron chi connectivity index (χ1n) is 4.96. The second-order valence-electron chi connectivity index (χ2n) is 4.25. The first-order chi connectivity index (χ1) is 5.65. The molecule has 0 amide bonds. The van der Waals surface area contributed by atoms with Crippen LogP contribution in [0.2, 0.25) is 0 Å². The highest BCUT2D eigenvalue weighted by Crippen LogP contribution is 2.35. The van der Waals surface area contributed by atoms with Crippen molar-refractivity contribution in [3.63, 3.8) is 0 Å². The van der Waals surface area contributed by atoms with Crippen LogP contribution >= 0.6 is 0 Å². The van der Waals surface area contributed by atoms with Gasteiger partial charge in [0, 0.05) is 6.04 Å². The van der Waals surface area contributed by atoms with E-state index in [0.29, 0.717) is 0 Å². The SMILES string of the molecule is C=C(C)CC1CCC(NC)C1C. The molecule has 3 atom stereocenters. The molecular weight excluding hydrogens is 146 g/mol. The zero-order valence-electron chi connectivity index (χ0n) is 8.56. The summed E-state index contributed by atoms with van der Waals surface area (Å²) in [6.45, 7) is 8.48. The normalized spacial score (nSPS) is 35.4. The van der Waals surface area contributed by atoms with Gasteiger partial charge >= 0.3 is 0 Å². The van der Waals surface area contributed by atoms with Crippen molar-refractivity contribution in [1.82, 2.24) is 5.32 Å². The summed E-state index contributed by atoms with van der Waals surface area (Å²) in [6, 6.07) is 0.745. The van der Waals surface area contributed by atoms with Crippen LogP contribution in [-0.2, 0) is 0 Å². The van der Waals surface area contributed by atoms with Gasteiger partial charge in [0.1, 0.15) is 0 Å². The Balaban J connectivity index is 2.43. The molecule has 0 aromatic carbocycles. The Morgan fingerprint density at radius 1 is 1.50 bits per heavy atom. The van der Waals surface area contributed by atoms with E-state index in [2.05, 4.69) is 32.8 Å². The second kappa shape index (κ2) is 4.08. The molecule has 3 unspecified atom stereocenters. The summed E-state index contributed by atoms with van der Waals surface area (Å²) in [5.74, 6) is 1.70. The van der Waals surface area contributed by atoms with E-state index in [1.807, 2.05) is 0 Å². The molecule has 0 heterocycles. The highest BCUT2D eigenvalue weighted by Gasteiger charge is 2.30. The minimum Gasteiger partial charge on any atom is -0.317 e. The van der Waals surface area contributed by atoms with E-state index in [0.717, 1.165) is 17.9 Å².